The Labute approximate surface area is 208 Å². The summed E-state index contributed by atoms with van der Waals surface area (Å²) < 4.78 is 4.92. The summed E-state index contributed by atoms with van der Waals surface area (Å²) in [5.74, 6) is 2.33. The molecule has 6 heteroatoms. The summed E-state index contributed by atoms with van der Waals surface area (Å²) in [4.78, 5) is 15.2. The number of benzene rings is 2. The number of aliphatic carboxylic acids is 1. The summed E-state index contributed by atoms with van der Waals surface area (Å²) in [5, 5.41) is 9.47. The van der Waals surface area contributed by atoms with Crippen LogP contribution in [0, 0.1) is 5.92 Å². The first kappa shape index (κ1) is 27.5. The lowest BCUT2D eigenvalue weighted by Crippen LogP contribution is -2.27. The molecule has 0 saturated carbocycles. The zero-order chi connectivity index (χ0) is 24.4. The third-order valence-corrected chi connectivity index (χ3v) is 8.33. The Balaban J connectivity index is 0.00000187. The van der Waals surface area contributed by atoms with Crippen molar-refractivity contribution in [3.63, 3.8) is 0 Å². The molecule has 0 aromatic heterocycles. The molecule has 1 atom stereocenters. The summed E-state index contributed by atoms with van der Waals surface area (Å²) in [6, 6.07) is 14.9. The smallest absolute Gasteiger partial charge is 0.319 e. The standard InChI is InChI=1S/C25H33NO3S2.C2H6/c1-5-6-10-18-15-26(20-11-8-7-9-12-20)21-14-22(29-4)19(13-23(21)30-16-18)17-31-25(2,3)24(27)28;1-2/h7-9,11-14,18H,5-6,10,15-17H2,1-4H3,(H,27,28);1-2H3. The van der Waals surface area contributed by atoms with Crippen molar-refractivity contribution in [1.29, 1.82) is 0 Å². The number of para-hydroxylation sites is 1. The van der Waals surface area contributed by atoms with Crippen molar-refractivity contribution >= 4 is 40.9 Å². The second-order valence-corrected chi connectivity index (χ2v) is 11.2. The van der Waals surface area contributed by atoms with Crippen LogP contribution < -0.4 is 9.64 Å². The normalized spacial score (nSPS) is 15.7. The predicted octanol–water partition coefficient (Wildman–Crippen LogP) is 7.87. The van der Waals surface area contributed by atoms with Gasteiger partial charge in [-0.05, 0) is 44.4 Å². The summed E-state index contributed by atoms with van der Waals surface area (Å²) in [6.45, 7) is 10.7. The zero-order valence-electron chi connectivity index (χ0n) is 20.9. The molecule has 0 bridgehead atoms. The number of ether oxygens (including phenoxy) is 1. The largest absolute Gasteiger partial charge is 0.496 e. The van der Waals surface area contributed by atoms with Crippen molar-refractivity contribution in [2.75, 3.05) is 24.3 Å². The molecular weight excluding hydrogens is 450 g/mol. The molecule has 0 radical (unpaired) electrons. The number of carbonyl (C=O) groups is 1. The van der Waals surface area contributed by atoms with Gasteiger partial charge in [0.2, 0.25) is 0 Å². The van der Waals surface area contributed by atoms with Gasteiger partial charge in [0.25, 0.3) is 0 Å². The number of fused-ring (bicyclic) bond motifs is 1. The first-order valence-corrected chi connectivity index (χ1v) is 13.9. The van der Waals surface area contributed by atoms with Crippen LogP contribution in [0.25, 0.3) is 0 Å². The summed E-state index contributed by atoms with van der Waals surface area (Å²) in [5.41, 5.74) is 3.43. The molecule has 0 saturated heterocycles. The van der Waals surface area contributed by atoms with Gasteiger partial charge in [-0.3, -0.25) is 4.79 Å². The third-order valence-electron chi connectivity index (χ3n) is 5.71. The number of hydrogen-bond donors (Lipinski definition) is 1. The number of carboxylic acid groups (broad SMARTS) is 1. The molecule has 0 fully saturated rings. The Morgan fingerprint density at radius 3 is 2.55 bits per heavy atom. The minimum absolute atomic E-state index is 0.598. The van der Waals surface area contributed by atoms with E-state index in [0.29, 0.717) is 11.7 Å². The van der Waals surface area contributed by atoms with Crippen molar-refractivity contribution in [3.05, 3.63) is 48.0 Å². The second kappa shape index (κ2) is 13.2. The predicted molar refractivity (Wildman–Crippen MR) is 145 cm³/mol. The summed E-state index contributed by atoms with van der Waals surface area (Å²) >= 11 is 3.35. The average Bonchev–Trinajstić information content (AvgIpc) is 3.01. The Hall–Kier alpha value is -1.79. The quantitative estimate of drug-likeness (QED) is 0.387. The van der Waals surface area contributed by atoms with Gasteiger partial charge in [-0.25, -0.2) is 0 Å². The first-order chi connectivity index (χ1) is 15.9. The maximum atomic E-state index is 11.5. The van der Waals surface area contributed by atoms with Crippen molar-refractivity contribution in [3.8, 4) is 5.75 Å². The third kappa shape index (κ3) is 7.35. The number of carboxylic acids is 1. The highest BCUT2D eigenvalue weighted by Gasteiger charge is 2.29. The van der Waals surface area contributed by atoms with Crippen molar-refractivity contribution < 1.29 is 14.6 Å². The van der Waals surface area contributed by atoms with E-state index in [1.54, 1.807) is 21.0 Å². The molecule has 1 unspecified atom stereocenters. The molecule has 182 valence electrons. The van der Waals surface area contributed by atoms with Crippen LogP contribution in [0.4, 0.5) is 11.4 Å². The lowest BCUT2D eigenvalue weighted by molar-refractivity contribution is -0.138. The van der Waals surface area contributed by atoms with Gasteiger partial charge in [0.05, 0.1) is 12.8 Å². The molecule has 33 heavy (non-hydrogen) atoms. The Morgan fingerprint density at radius 2 is 1.94 bits per heavy atom. The lowest BCUT2D eigenvalue weighted by Gasteiger charge is -2.28. The van der Waals surface area contributed by atoms with Crippen LogP contribution in [0.1, 0.15) is 59.4 Å². The molecule has 3 rings (SSSR count). The van der Waals surface area contributed by atoms with Gasteiger partial charge in [0.15, 0.2) is 0 Å². The molecule has 2 aromatic rings. The Kier molecular flexibility index (Phi) is 11.0. The highest BCUT2D eigenvalue weighted by atomic mass is 32.2. The Morgan fingerprint density at radius 1 is 1.24 bits per heavy atom. The monoisotopic (exact) mass is 489 g/mol. The Bertz CT molecular complexity index is 886. The molecule has 4 nitrogen and oxygen atoms in total. The molecule has 1 N–H and O–H groups in total. The van der Waals surface area contributed by atoms with Crippen molar-refractivity contribution in [2.45, 2.75) is 69.3 Å². The van der Waals surface area contributed by atoms with Gasteiger partial charge in [0, 0.05) is 40.3 Å². The van der Waals surface area contributed by atoms with Crippen LogP contribution in [-0.4, -0.2) is 35.2 Å². The highest BCUT2D eigenvalue weighted by molar-refractivity contribution is 8.00. The molecular formula is C27H39NO3S2. The maximum Gasteiger partial charge on any atom is 0.319 e. The molecule has 1 heterocycles. The number of rotatable bonds is 9. The van der Waals surface area contributed by atoms with Crippen LogP contribution in [-0.2, 0) is 10.5 Å². The molecule has 0 amide bonds. The van der Waals surface area contributed by atoms with E-state index in [9.17, 15) is 9.90 Å². The molecule has 1 aliphatic heterocycles. The van der Waals surface area contributed by atoms with E-state index < -0.39 is 10.7 Å². The van der Waals surface area contributed by atoms with Crippen LogP contribution >= 0.6 is 23.5 Å². The van der Waals surface area contributed by atoms with Crippen LogP contribution in [0.5, 0.6) is 5.75 Å². The number of methoxy groups -OCH3 is 1. The van der Waals surface area contributed by atoms with E-state index in [-0.39, 0.29) is 0 Å². The van der Waals surface area contributed by atoms with Crippen molar-refractivity contribution in [1.82, 2.24) is 0 Å². The van der Waals surface area contributed by atoms with E-state index >= 15 is 0 Å². The van der Waals surface area contributed by atoms with E-state index in [0.717, 1.165) is 23.6 Å². The van der Waals surface area contributed by atoms with E-state index in [4.69, 9.17) is 4.74 Å². The minimum Gasteiger partial charge on any atom is -0.496 e. The van der Waals surface area contributed by atoms with Crippen LogP contribution in [0.3, 0.4) is 0 Å². The zero-order valence-corrected chi connectivity index (χ0v) is 22.5. The molecule has 0 spiro atoms. The van der Waals surface area contributed by atoms with E-state index in [2.05, 4.69) is 54.3 Å². The summed E-state index contributed by atoms with van der Waals surface area (Å²) in [7, 11) is 1.69. The number of anilines is 2. The number of thioether (sulfide) groups is 2. The number of hydrogen-bond acceptors (Lipinski definition) is 5. The fraction of sp³-hybridized carbons (Fsp3) is 0.519. The van der Waals surface area contributed by atoms with Gasteiger partial charge >= 0.3 is 5.97 Å². The topological polar surface area (TPSA) is 49.8 Å². The summed E-state index contributed by atoms with van der Waals surface area (Å²) in [6.07, 6.45) is 3.70. The van der Waals surface area contributed by atoms with E-state index in [1.165, 1.54) is 47.3 Å². The lowest BCUT2D eigenvalue weighted by atomic mass is 10.0. The number of unbranched alkanes of at least 4 members (excludes halogenated alkanes) is 1. The molecule has 2 aromatic carbocycles. The van der Waals surface area contributed by atoms with Gasteiger partial charge < -0.3 is 14.7 Å². The number of nitrogens with zero attached hydrogens (tertiary/aromatic N) is 1. The maximum absolute atomic E-state index is 11.5. The van der Waals surface area contributed by atoms with Gasteiger partial charge in [0.1, 0.15) is 10.5 Å². The fourth-order valence-corrected chi connectivity index (χ4v) is 5.77. The van der Waals surface area contributed by atoms with Crippen molar-refractivity contribution in [2.24, 2.45) is 5.92 Å². The minimum atomic E-state index is -0.841. The molecule has 0 aliphatic carbocycles. The fourth-order valence-electron chi connectivity index (χ4n) is 3.68. The second-order valence-electron chi connectivity index (χ2n) is 8.50. The first-order valence-electron chi connectivity index (χ1n) is 11.9. The van der Waals surface area contributed by atoms with Gasteiger partial charge in [-0.2, -0.15) is 0 Å². The highest BCUT2D eigenvalue weighted by Crippen LogP contribution is 2.44. The van der Waals surface area contributed by atoms with Gasteiger partial charge in [-0.1, -0.05) is 51.8 Å². The van der Waals surface area contributed by atoms with Crippen LogP contribution in [0.2, 0.25) is 0 Å². The van der Waals surface area contributed by atoms with E-state index in [1.807, 2.05) is 25.6 Å². The van der Waals surface area contributed by atoms with Gasteiger partial charge in [-0.15, -0.1) is 23.5 Å². The molecule has 1 aliphatic rings. The average molecular weight is 490 g/mol. The SMILES string of the molecule is CC.CCCCC1CSc2cc(CSC(C)(C)C(=O)O)c(OC)cc2N(c2ccccc2)C1. The van der Waals surface area contributed by atoms with Crippen LogP contribution in [0.15, 0.2) is 47.4 Å².